The lowest BCUT2D eigenvalue weighted by Gasteiger charge is -2.23. The van der Waals surface area contributed by atoms with Crippen LogP contribution in [0.2, 0.25) is 0 Å². The molecule has 0 amide bonds. The largest absolute Gasteiger partial charge is 0.508 e. The SMILES string of the molecule is Oc1ccc2c(Cc3ccc(OCCC4CCCCN4)cc3)c(-c3cc(F)ccc3F)ccc2c1. The zero-order chi connectivity index (χ0) is 24.2. The summed E-state index contributed by atoms with van der Waals surface area (Å²) in [7, 11) is 0. The highest BCUT2D eigenvalue weighted by Crippen LogP contribution is 2.35. The molecule has 2 N–H and O–H groups in total. The number of piperidine rings is 1. The molecule has 3 nitrogen and oxygen atoms in total. The van der Waals surface area contributed by atoms with Crippen molar-refractivity contribution in [3.63, 3.8) is 0 Å². The van der Waals surface area contributed by atoms with Gasteiger partial charge >= 0.3 is 0 Å². The molecule has 0 spiro atoms. The van der Waals surface area contributed by atoms with Gasteiger partial charge in [0.1, 0.15) is 23.1 Å². The minimum Gasteiger partial charge on any atom is -0.508 e. The highest BCUT2D eigenvalue weighted by molar-refractivity contribution is 5.93. The van der Waals surface area contributed by atoms with Gasteiger partial charge in [0.15, 0.2) is 0 Å². The average molecular weight is 474 g/mol. The first-order valence-corrected chi connectivity index (χ1v) is 12.2. The summed E-state index contributed by atoms with van der Waals surface area (Å²) >= 11 is 0. The van der Waals surface area contributed by atoms with Crippen LogP contribution in [0.1, 0.15) is 36.8 Å². The highest BCUT2D eigenvalue weighted by Gasteiger charge is 2.16. The number of nitrogens with one attached hydrogen (secondary N) is 1. The predicted octanol–water partition coefficient (Wildman–Crippen LogP) is 6.99. The Morgan fingerprint density at radius 1 is 0.886 bits per heavy atom. The molecule has 5 rings (SSSR count). The summed E-state index contributed by atoms with van der Waals surface area (Å²) in [6, 6.07) is 20.8. The molecular formula is C30H29F2NO2. The first kappa shape index (κ1) is 23.3. The smallest absolute Gasteiger partial charge is 0.131 e. The fourth-order valence-corrected chi connectivity index (χ4v) is 4.93. The lowest BCUT2D eigenvalue weighted by Crippen LogP contribution is -2.35. The number of fused-ring (bicyclic) bond motifs is 1. The molecule has 1 aliphatic rings. The van der Waals surface area contributed by atoms with E-state index < -0.39 is 11.6 Å². The van der Waals surface area contributed by atoms with Crippen LogP contribution in [0, 0.1) is 11.6 Å². The van der Waals surface area contributed by atoms with Crippen molar-refractivity contribution in [1.29, 1.82) is 0 Å². The van der Waals surface area contributed by atoms with Gasteiger partial charge in [-0.25, -0.2) is 8.78 Å². The monoisotopic (exact) mass is 473 g/mol. The number of halogens is 2. The Morgan fingerprint density at radius 3 is 2.54 bits per heavy atom. The second-order valence-electron chi connectivity index (χ2n) is 9.23. The standard InChI is InChI=1S/C30H29F2NO2/c31-22-7-13-30(32)29(19-22)27-11-6-21-18-24(34)8-12-26(21)28(27)17-20-4-9-25(10-5-20)35-16-14-23-3-1-2-15-33-23/h4-13,18-19,23,33-34H,1-3,14-17H2. The van der Waals surface area contributed by atoms with Crippen LogP contribution < -0.4 is 10.1 Å². The van der Waals surface area contributed by atoms with Gasteiger partial charge in [0.2, 0.25) is 0 Å². The van der Waals surface area contributed by atoms with Crippen LogP contribution in [-0.4, -0.2) is 24.3 Å². The van der Waals surface area contributed by atoms with E-state index in [4.69, 9.17) is 4.74 Å². The molecule has 4 aromatic carbocycles. The Morgan fingerprint density at radius 2 is 1.74 bits per heavy atom. The molecule has 0 bridgehead atoms. The second-order valence-corrected chi connectivity index (χ2v) is 9.23. The van der Waals surface area contributed by atoms with Gasteiger partial charge in [-0.1, -0.05) is 36.8 Å². The maximum atomic E-state index is 14.7. The van der Waals surface area contributed by atoms with Gasteiger partial charge in [-0.3, -0.25) is 0 Å². The van der Waals surface area contributed by atoms with Gasteiger partial charge in [-0.05, 0) is 102 Å². The molecule has 1 saturated heterocycles. The molecule has 35 heavy (non-hydrogen) atoms. The highest BCUT2D eigenvalue weighted by atomic mass is 19.1. The van der Waals surface area contributed by atoms with Crippen molar-refractivity contribution in [3.05, 3.63) is 95.6 Å². The molecule has 1 atom stereocenters. The third kappa shape index (κ3) is 5.46. The van der Waals surface area contributed by atoms with Crippen LogP contribution >= 0.6 is 0 Å². The van der Waals surface area contributed by atoms with Gasteiger partial charge in [-0.2, -0.15) is 0 Å². The number of hydrogen-bond acceptors (Lipinski definition) is 3. The molecule has 0 aromatic heterocycles. The van der Waals surface area contributed by atoms with E-state index in [2.05, 4.69) is 5.32 Å². The Kier molecular flexibility index (Phi) is 6.96. The van der Waals surface area contributed by atoms with Crippen molar-refractivity contribution in [3.8, 4) is 22.6 Å². The van der Waals surface area contributed by atoms with Gasteiger partial charge < -0.3 is 15.2 Å². The van der Waals surface area contributed by atoms with E-state index in [0.717, 1.165) is 52.7 Å². The van der Waals surface area contributed by atoms with Crippen molar-refractivity contribution in [2.45, 2.75) is 38.1 Å². The van der Waals surface area contributed by atoms with Crippen LogP contribution in [0.3, 0.4) is 0 Å². The Balaban J connectivity index is 1.40. The third-order valence-electron chi connectivity index (χ3n) is 6.79. The van der Waals surface area contributed by atoms with Crippen molar-refractivity contribution in [1.82, 2.24) is 5.32 Å². The van der Waals surface area contributed by atoms with E-state index in [1.807, 2.05) is 36.4 Å². The topological polar surface area (TPSA) is 41.5 Å². The van der Waals surface area contributed by atoms with E-state index in [9.17, 15) is 13.9 Å². The van der Waals surface area contributed by atoms with Gasteiger partial charge in [0.05, 0.1) is 6.61 Å². The van der Waals surface area contributed by atoms with Crippen molar-refractivity contribution < 1.29 is 18.6 Å². The molecule has 1 aliphatic heterocycles. The van der Waals surface area contributed by atoms with Gasteiger partial charge in [-0.15, -0.1) is 0 Å². The Hall–Kier alpha value is -3.44. The normalized spacial score (nSPS) is 15.9. The van der Waals surface area contributed by atoms with Crippen LogP contribution in [0.4, 0.5) is 8.78 Å². The quantitative estimate of drug-likeness (QED) is 0.304. The number of benzene rings is 4. The third-order valence-corrected chi connectivity index (χ3v) is 6.79. The Labute approximate surface area is 204 Å². The summed E-state index contributed by atoms with van der Waals surface area (Å²) < 4.78 is 34.7. The number of phenolic OH excluding ortho intramolecular Hbond substituents is 1. The van der Waals surface area contributed by atoms with Crippen LogP contribution in [-0.2, 0) is 6.42 Å². The van der Waals surface area contributed by atoms with E-state index >= 15 is 0 Å². The molecule has 1 fully saturated rings. The molecule has 0 saturated carbocycles. The van der Waals surface area contributed by atoms with E-state index in [1.165, 1.54) is 25.3 Å². The lowest BCUT2D eigenvalue weighted by molar-refractivity contribution is 0.268. The van der Waals surface area contributed by atoms with E-state index in [0.29, 0.717) is 24.6 Å². The number of rotatable bonds is 7. The van der Waals surface area contributed by atoms with Crippen LogP contribution in [0.15, 0.2) is 72.8 Å². The molecule has 0 aliphatic carbocycles. The second kappa shape index (κ2) is 10.4. The van der Waals surface area contributed by atoms with Crippen molar-refractivity contribution in [2.75, 3.05) is 13.2 Å². The summed E-state index contributed by atoms with van der Waals surface area (Å²) in [4.78, 5) is 0. The summed E-state index contributed by atoms with van der Waals surface area (Å²) in [5.74, 6) is 0.0342. The molecule has 5 heteroatoms. The summed E-state index contributed by atoms with van der Waals surface area (Å²) in [5.41, 5.74) is 2.78. The average Bonchev–Trinajstić information content (AvgIpc) is 2.87. The summed E-state index contributed by atoms with van der Waals surface area (Å²) in [6.07, 6.45) is 5.26. The number of ether oxygens (including phenoxy) is 1. The molecule has 1 unspecified atom stereocenters. The summed E-state index contributed by atoms with van der Waals surface area (Å²) in [6.45, 7) is 1.77. The molecule has 0 radical (unpaired) electrons. The number of aromatic hydroxyl groups is 1. The van der Waals surface area contributed by atoms with E-state index in [1.54, 1.807) is 18.2 Å². The van der Waals surface area contributed by atoms with Crippen LogP contribution in [0.5, 0.6) is 11.5 Å². The molecular weight excluding hydrogens is 444 g/mol. The van der Waals surface area contributed by atoms with Gasteiger partial charge in [0.25, 0.3) is 0 Å². The zero-order valence-electron chi connectivity index (χ0n) is 19.6. The molecule has 1 heterocycles. The van der Waals surface area contributed by atoms with Crippen molar-refractivity contribution in [2.24, 2.45) is 0 Å². The number of hydrogen-bond donors (Lipinski definition) is 2. The fraction of sp³-hybridized carbons (Fsp3) is 0.267. The predicted molar refractivity (Wildman–Crippen MR) is 136 cm³/mol. The molecule has 4 aromatic rings. The maximum Gasteiger partial charge on any atom is 0.131 e. The number of phenols is 1. The van der Waals surface area contributed by atoms with Gasteiger partial charge in [0, 0.05) is 11.6 Å². The fourth-order valence-electron chi connectivity index (χ4n) is 4.93. The minimum absolute atomic E-state index is 0.165. The zero-order valence-corrected chi connectivity index (χ0v) is 19.6. The molecule has 180 valence electrons. The lowest BCUT2D eigenvalue weighted by atomic mass is 9.90. The maximum absolute atomic E-state index is 14.7. The van der Waals surface area contributed by atoms with Crippen molar-refractivity contribution >= 4 is 10.8 Å². The summed E-state index contributed by atoms with van der Waals surface area (Å²) in [5, 5.41) is 15.2. The first-order valence-electron chi connectivity index (χ1n) is 12.2. The van der Waals surface area contributed by atoms with Crippen LogP contribution in [0.25, 0.3) is 21.9 Å². The Bertz CT molecular complexity index is 1310. The van der Waals surface area contributed by atoms with E-state index in [-0.39, 0.29) is 11.3 Å². The first-order chi connectivity index (χ1) is 17.1. The minimum atomic E-state index is -0.483.